The van der Waals surface area contributed by atoms with Crippen molar-refractivity contribution in [3.8, 4) is 5.75 Å². The number of carbonyl (C=O) groups excluding carboxylic acids is 1. The van der Waals surface area contributed by atoms with E-state index in [4.69, 9.17) is 42.6 Å². The predicted octanol–water partition coefficient (Wildman–Crippen LogP) is 5.24. The second-order valence-corrected chi connectivity index (χ2v) is 12.8. The highest BCUT2D eigenvalue weighted by Crippen LogP contribution is 2.23. The predicted molar refractivity (Wildman–Crippen MR) is 186 cm³/mol. The molecule has 2 aromatic carbocycles. The standard InChI is InChI=1S/C38H56N2O10/c41-38(50-30-31-8-2-1-3-9-31)39-35(32-12-14-33(15-13-32)44-26-27-49-37-11-5-7-19-47-37)29-40-17-16-34(28-40)45-24-22-42-20-21-43-23-25-48-36-10-4-6-18-46-36/h1-3,8-9,12-15,34-37H,4-7,10-11,16-30H2,(H,39,41)/t34-,35?,36?,37?/m1/s1. The Kier molecular flexibility index (Phi) is 17.6. The lowest BCUT2D eigenvalue weighted by molar-refractivity contribution is -0.169. The van der Waals surface area contributed by atoms with Crippen LogP contribution in [0.4, 0.5) is 4.79 Å². The molecule has 1 amide bonds. The fourth-order valence-electron chi connectivity index (χ4n) is 6.15. The number of amides is 1. The third-order valence-corrected chi connectivity index (χ3v) is 8.87. The van der Waals surface area contributed by atoms with Crippen LogP contribution in [0.2, 0.25) is 0 Å². The van der Waals surface area contributed by atoms with Gasteiger partial charge >= 0.3 is 6.09 Å². The Morgan fingerprint density at radius 3 is 2.04 bits per heavy atom. The molecular weight excluding hydrogens is 644 g/mol. The van der Waals surface area contributed by atoms with Gasteiger partial charge in [0, 0.05) is 32.8 Å². The second-order valence-electron chi connectivity index (χ2n) is 12.8. The molecule has 3 fully saturated rings. The van der Waals surface area contributed by atoms with Gasteiger partial charge in [0.2, 0.25) is 0 Å². The minimum absolute atomic E-state index is 0.0828. The highest BCUT2D eigenvalue weighted by molar-refractivity contribution is 5.68. The Labute approximate surface area is 296 Å². The van der Waals surface area contributed by atoms with E-state index in [0.717, 1.165) is 88.1 Å². The van der Waals surface area contributed by atoms with Crippen LogP contribution in [0.5, 0.6) is 5.75 Å². The van der Waals surface area contributed by atoms with E-state index in [1.165, 1.54) is 0 Å². The van der Waals surface area contributed by atoms with Crippen LogP contribution >= 0.6 is 0 Å². The summed E-state index contributed by atoms with van der Waals surface area (Å²) in [7, 11) is 0. The van der Waals surface area contributed by atoms with Gasteiger partial charge in [-0.25, -0.2) is 4.79 Å². The Morgan fingerprint density at radius 2 is 1.38 bits per heavy atom. The molecule has 0 radical (unpaired) electrons. The summed E-state index contributed by atoms with van der Waals surface area (Å²) < 4.78 is 51.5. The fourth-order valence-corrected chi connectivity index (χ4v) is 6.15. The first-order valence-electron chi connectivity index (χ1n) is 18.4. The van der Waals surface area contributed by atoms with Gasteiger partial charge in [-0.15, -0.1) is 0 Å². The zero-order valence-electron chi connectivity index (χ0n) is 29.4. The largest absolute Gasteiger partial charge is 0.491 e. The Balaban J connectivity index is 0.994. The maximum Gasteiger partial charge on any atom is 0.407 e. The van der Waals surface area contributed by atoms with Gasteiger partial charge in [0.1, 0.15) is 19.0 Å². The second kappa shape index (κ2) is 22.9. The number of rotatable bonds is 22. The summed E-state index contributed by atoms with van der Waals surface area (Å²) in [6.07, 6.45) is 6.74. The molecule has 3 unspecified atom stereocenters. The van der Waals surface area contributed by atoms with E-state index in [1.807, 2.05) is 54.6 Å². The van der Waals surface area contributed by atoms with Crippen LogP contribution in [0.25, 0.3) is 0 Å². The smallest absolute Gasteiger partial charge is 0.407 e. The van der Waals surface area contributed by atoms with E-state index in [2.05, 4.69) is 10.2 Å². The molecule has 4 atom stereocenters. The number of hydrogen-bond donors (Lipinski definition) is 1. The van der Waals surface area contributed by atoms with Gasteiger partial charge in [-0.1, -0.05) is 42.5 Å². The number of carbonyl (C=O) groups is 1. The van der Waals surface area contributed by atoms with Gasteiger partial charge in [0.15, 0.2) is 12.6 Å². The van der Waals surface area contributed by atoms with Crippen molar-refractivity contribution < 1.29 is 47.4 Å². The monoisotopic (exact) mass is 700 g/mol. The zero-order valence-corrected chi connectivity index (χ0v) is 29.4. The number of nitrogens with zero attached hydrogens (tertiary/aromatic N) is 1. The lowest BCUT2D eigenvalue weighted by Gasteiger charge is -2.25. The molecule has 0 spiro atoms. The SMILES string of the molecule is O=C(NC(CN1CC[C@@H](OCCOCCOCCOC2CCCCO2)C1)c1ccc(OCCOC2CCCCO2)cc1)OCc1ccccc1. The Bertz CT molecular complexity index is 1180. The van der Waals surface area contributed by atoms with Crippen LogP contribution in [0, 0.1) is 0 Å². The van der Waals surface area contributed by atoms with Crippen LogP contribution in [0.15, 0.2) is 54.6 Å². The summed E-state index contributed by atoms with van der Waals surface area (Å²) in [6, 6.07) is 17.2. The summed E-state index contributed by atoms with van der Waals surface area (Å²) in [5.41, 5.74) is 1.90. The number of nitrogens with one attached hydrogen (secondary N) is 1. The molecule has 50 heavy (non-hydrogen) atoms. The van der Waals surface area contributed by atoms with Crippen LogP contribution in [-0.4, -0.2) is 115 Å². The maximum absolute atomic E-state index is 12.9. The van der Waals surface area contributed by atoms with Crippen molar-refractivity contribution in [2.75, 3.05) is 85.7 Å². The van der Waals surface area contributed by atoms with Crippen LogP contribution in [0.3, 0.4) is 0 Å². The molecule has 0 bridgehead atoms. The molecule has 3 heterocycles. The average Bonchev–Trinajstić information content (AvgIpc) is 3.61. The summed E-state index contributed by atoms with van der Waals surface area (Å²) in [6.45, 7) is 8.05. The topological polar surface area (TPSA) is 115 Å². The van der Waals surface area contributed by atoms with Crippen molar-refractivity contribution in [1.29, 1.82) is 0 Å². The molecule has 12 nitrogen and oxygen atoms in total. The zero-order chi connectivity index (χ0) is 34.5. The van der Waals surface area contributed by atoms with Gasteiger partial charge in [0.05, 0.1) is 58.4 Å². The fraction of sp³-hybridized carbons (Fsp3) is 0.658. The summed E-state index contributed by atoms with van der Waals surface area (Å²) in [5.74, 6) is 0.745. The summed E-state index contributed by atoms with van der Waals surface area (Å²) >= 11 is 0. The third kappa shape index (κ3) is 14.8. The molecule has 5 rings (SSSR count). The maximum atomic E-state index is 12.9. The van der Waals surface area contributed by atoms with Gasteiger partial charge < -0.3 is 47.9 Å². The van der Waals surface area contributed by atoms with Crippen LogP contribution < -0.4 is 10.1 Å². The lowest BCUT2D eigenvalue weighted by atomic mass is 10.1. The van der Waals surface area contributed by atoms with Crippen LogP contribution in [0.1, 0.15) is 62.1 Å². The van der Waals surface area contributed by atoms with Crippen LogP contribution in [-0.2, 0) is 44.5 Å². The van der Waals surface area contributed by atoms with E-state index in [0.29, 0.717) is 59.4 Å². The van der Waals surface area contributed by atoms with Crippen molar-refractivity contribution in [3.05, 3.63) is 65.7 Å². The first-order valence-corrected chi connectivity index (χ1v) is 18.4. The third-order valence-electron chi connectivity index (χ3n) is 8.87. The lowest BCUT2D eigenvalue weighted by Crippen LogP contribution is -2.38. The van der Waals surface area contributed by atoms with Gasteiger partial charge in [-0.3, -0.25) is 4.90 Å². The molecule has 0 saturated carbocycles. The molecule has 0 aromatic heterocycles. The van der Waals surface area contributed by atoms with Gasteiger partial charge in [-0.05, 0) is 68.2 Å². The summed E-state index contributed by atoms with van der Waals surface area (Å²) in [4.78, 5) is 15.2. The van der Waals surface area contributed by atoms with E-state index in [9.17, 15) is 4.79 Å². The quantitative estimate of drug-likeness (QED) is 0.163. The molecule has 3 aliphatic rings. The first kappa shape index (κ1) is 38.4. The molecule has 3 aliphatic heterocycles. The minimum Gasteiger partial charge on any atom is -0.491 e. The molecule has 1 N–H and O–H groups in total. The average molecular weight is 701 g/mol. The molecular formula is C38H56N2O10. The molecule has 278 valence electrons. The van der Waals surface area contributed by atoms with E-state index >= 15 is 0 Å². The summed E-state index contributed by atoms with van der Waals surface area (Å²) in [5, 5.41) is 3.09. The Hall–Kier alpha value is -2.81. The highest BCUT2D eigenvalue weighted by atomic mass is 16.7. The number of benzene rings is 2. The molecule has 0 aliphatic carbocycles. The van der Waals surface area contributed by atoms with Crippen molar-refractivity contribution in [2.45, 2.75) is 76.3 Å². The van der Waals surface area contributed by atoms with E-state index in [1.54, 1.807) is 0 Å². The number of ether oxygens (including phenoxy) is 9. The molecule has 3 saturated heterocycles. The number of likely N-dealkylation sites (tertiary alicyclic amines) is 1. The highest BCUT2D eigenvalue weighted by Gasteiger charge is 2.27. The van der Waals surface area contributed by atoms with E-state index < -0.39 is 6.09 Å². The van der Waals surface area contributed by atoms with Crippen molar-refractivity contribution in [1.82, 2.24) is 10.2 Å². The Morgan fingerprint density at radius 1 is 0.740 bits per heavy atom. The van der Waals surface area contributed by atoms with Gasteiger partial charge in [0.25, 0.3) is 0 Å². The van der Waals surface area contributed by atoms with Gasteiger partial charge in [-0.2, -0.15) is 0 Å². The van der Waals surface area contributed by atoms with Crippen molar-refractivity contribution in [3.63, 3.8) is 0 Å². The normalized spacial score (nSPS) is 21.9. The molecule has 12 heteroatoms. The van der Waals surface area contributed by atoms with Crippen molar-refractivity contribution in [2.24, 2.45) is 0 Å². The molecule has 2 aromatic rings. The number of alkyl carbamates (subject to hydrolysis) is 1. The minimum atomic E-state index is -0.458. The first-order chi connectivity index (χ1) is 24.7. The van der Waals surface area contributed by atoms with E-state index in [-0.39, 0.29) is 31.3 Å². The number of hydrogen-bond acceptors (Lipinski definition) is 11. The van der Waals surface area contributed by atoms with Crippen molar-refractivity contribution >= 4 is 6.09 Å².